The van der Waals surface area contributed by atoms with Gasteiger partial charge in [-0.3, -0.25) is 9.69 Å². The van der Waals surface area contributed by atoms with Crippen LogP contribution in [0.25, 0.3) is 0 Å². The summed E-state index contributed by atoms with van der Waals surface area (Å²) in [4.78, 5) is 22.8. The van der Waals surface area contributed by atoms with Gasteiger partial charge in [-0.15, -0.1) is 0 Å². The second-order valence-corrected chi connectivity index (χ2v) is 7.88. The molecular formula is C23H40N6O2. The number of benzene rings is 1. The SMILES string of the molecule is CCN(CCCNC(=NCC(=O)N(C)C)NCCCN1CCOCC1)c1ccccc1. The number of carbonyl (C=O) groups is 1. The van der Waals surface area contributed by atoms with Crippen molar-refractivity contribution in [1.82, 2.24) is 20.4 Å². The van der Waals surface area contributed by atoms with Crippen LogP contribution >= 0.6 is 0 Å². The van der Waals surface area contributed by atoms with Crippen LogP contribution in [0.3, 0.4) is 0 Å². The largest absolute Gasteiger partial charge is 0.379 e. The van der Waals surface area contributed by atoms with Gasteiger partial charge in [0.05, 0.1) is 13.2 Å². The summed E-state index contributed by atoms with van der Waals surface area (Å²) in [5.74, 6) is 0.704. The molecule has 2 rings (SSSR count). The maximum absolute atomic E-state index is 11.9. The third kappa shape index (κ3) is 10.0. The Morgan fingerprint density at radius 1 is 1.10 bits per heavy atom. The number of ether oxygens (including phenoxy) is 1. The number of rotatable bonds is 12. The first-order valence-corrected chi connectivity index (χ1v) is 11.4. The van der Waals surface area contributed by atoms with Gasteiger partial charge in [-0.25, -0.2) is 4.99 Å². The Hall–Kier alpha value is -2.32. The van der Waals surface area contributed by atoms with E-state index in [2.05, 4.69) is 56.6 Å². The second-order valence-electron chi connectivity index (χ2n) is 7.88. The van der Waals surface area contributed by atoms with Crippen molar-refractivity contribution in [2.75, 3.05) is 84.6 Å². The zero-order valence-electron chi connectivity index (χ0n) is 19.5. The van der Waals surface area contributed by atoms with Gasteiger partial charge in [0.1, 0.15) is 6.54 Å². The van der Waals surface area contributed by atoms with Gasteiger partial charge in [0.15, 0.2) is 5.96 Å². The number of para-hydroxylation sites is 1. The Morgan fingerprint density at radius 2 is 1.77 bits per heavy atom. The lowest BCUT2D eigenvalue weighted by Gasteiger charge is -2.26. The lowest BCUT2D eigenvalue weighted by Crippen LogP contribution is -2.42. The van der Waals surface area contributed by atoms with E-state index in [1.54, 1.807) is 19.0 Å². The normalized spacial score (nSPS) is 14.9. The fourth-order valence-electron chi connectivity index (χ4n) is 3.38. The third-order valence-electron chi connectivity index (χ3n) is 5.32. The molecule has 174 valence electrons. The van der Waals surface area contributed by atoms with Crippen LogP contribution in [0.5, 0.6) is 0 Å². The van der Waals surface area contributed by atoms with Crippen LogP contribution < -0.4 is 15.5 Å². The lowest BCUT2D eigenvalue weighted by molar-refractivity contribution is -0.127. The molecule has 1 fully saturated rings. The molecule has 0 bridgehead atoms. The summed E-state index contributed by atoms with van der Waals surface area (Å²) in [6.07, 6.45) is 2.01. The highest BCUT2D eigenvalue weighted by atomic mass is 16.5. The zero-order valence-corrected chi connectivity index (χ0v) is 19.5. The highest BCUT2D eigenvalue weighted by molar-refractivity contribution is 5.84. The Balaban J connectivity index is 1.76. The summed E-state index contributed by atoms with van der Waals surface area (Å²) in [5.41, 5.74) is 1.25. The molecule has 0 spiro atoms. The van der Waals surface area contributed by atoms with Gasteiger partial charge in [-0.05, 0) is 38.4 Å². The lowest BCUT2D eigenvalue weighted by atomic mass is 10.2. The highest BCUT2D eigenvalue weighted by Gasteiger charge is 2.10. The van der Waals surface area contributed by atoms with Gasteiger partial charge in [0, 0.05) is 59.1 Å². The molecule has 1 aromatic rings. The summed E-state index contributed by atoms with van der Waals surface area (Å²) in [5, 5.41) is 6.78. The first-order valence-electron chi connectivity index (χ1n) is 11.4. The Bertz CT molecular complexity index is 647. The van der Waals surface area contributed by atoms with Crippen LogP contribution in [0.15, 0.2) is 35.3 Å². The van der Waals surface area contributed by atoms with Gasteiger partial charge in [-0.1, -0.05) is 18.2 Å². The number of nitrogens with one attached hydrogen (secondary N) is 2. The molecule has 1 heterocycles. The molecule has 1 aliphatic rings. The summed E-state index contributed by atoms with van der Waals surface area (Å²) in [6.45, 7) is 10.6. The Morgan fingerprint density at radius 3 is 2.42 bits per heavy atom. The van der Waals surface area contributed by atoms with E-state index in [9.17, 15) is 4.79 Å². The van der Waals surface area contributed by atoms with Crippen molar-refractivity contribution in [3.05, 3.63) is 30.3 Å². The number of aliphatic imine (C=N–C) groups is 1. The molecule has 0 aliphatic carbocycles. The molecule has 1 amide bonds. The number of carbonyl (C=O) groups excluding carboxylic acids is 1. The minimum absolute atomic E-state index is 0.00403. The van der Waals surface area contributed by atoms with Gasteiger partial charge in [0.2, 0.25) is 5.91 Å². The van der Waals surface area contributed by atoms with E-state index in [1.807, 2.05) is 6.07 Å². The Kier molecular flexibility index (Phi) is 11.8. The number of likely N-dealkylation sites (N-methyl/N-ethyl adjacent to an activating group) is 1. The van der Waals surface area contributed by atoms with Crippen molar-refractivity contribution < 1.29 is 9.53 Å². The van der Waals surface area contributed by atoms with E-state index in [-0.39, 0.29) is 12.5 Å². The summed E-state index contributed by atoms with van der Waals surface area (Å²) < 4.78 is 5.40. The van der Waals surface area contributed by atoms with Crippen molar-refractivity contribution in [2.45, 2.75) is 19.8 Å². The fourth-order valence-corrected chi connectivity index (χ4v) is 3.38. The van der Waals surface area contributed by atoms with Gasteiger partial charge >= 0.3 is 0 Å². The van der Waals surface area contributed by atoms with E-state index in [0.29, 0.717) is 5.96 Å². The number of hydrogen-bond donors (Lipinski definition) is 2. The molecule has 0 radical (unpaired) electrons. The average Bonchev–Trinajstić information content (AvgIpc) is 2.80. The zero-order chi connectivity index (χ0) is 22.3. The van der Waals surface area contributed by atoms with E-state index in [4.69, 9.17) is 4.74 Å². The van der Waals surface area contributed by atoms with Crippen molar-refractivity contribution in [1.29, 1.82) is 0 Å². The molecule has 1 aliphatic heterocycles. The van der Waals surface area contributed by atoms with Crippen LogP contribution in [0.4, 0.5) is 5.69 Å². The van der Waals surface area contributed by atoms with E-state index < -0.39 is 0 Å². The molecular weight excluding hydrogens is 392 g/mol. The van der Waals surface area contributed by atoms with E-state index >= 15 is 0 Å². The van der Waals surface area contributed by atoms with Crippen LogP contribution in [-0.4, -0.2) is 101 Å². The number of hydrogen-bond acceptors (Lipinski definition) is 5. The van der Waals surface area contributed by atoms with Crippen LogP contribution in [-0.2, 0) is 9.53 Å². The molecule has 1 aromatic carbocycles. The summed E-state index contributed by atoms with van der Waals surface area (Å²) in [7, 11) is 3.51. The Labute approximate surface area is 187 Å². The molecule has 0 aromatic heterocycles. The molecule has 8 nitrogen and oxygen atoms in total. The topological polar surface area (TPSA) is 72.4 Å². The standard InChI is InChI=1S/C23H40N6O2/c1-4-29(21-10-6-5-7-11-21)15-9-13-25-23(26-20-22(30)27(2)3)24-12-8-14-28-16-18-31-19-17-28/h5-7,10-11H,4,8-9,12-20H2,1-3H3,(H2,24,25,26). The van der Waals surface area contributed by atoms with Gasteiger partial charge in [0.25, 0.3) is 0 Å². The van der Waals surface area contributed by atoms with E-state index in [0.717, 1.165) is 71.9 Å². The molecule has 1 saturated heterocycles. The van der Waals surface area contributed by atoms with E-state index in [1.165, 1.54) is 5.69 Å². The maximum Gasteiger partial charge on any atom is 0.243 e. The summed E-state index contributed by atoms with van der Waals surface area (Å²) in [6, 6.07) is 10.5. The van der Waals surface area contributed by atoms with Crippen molar-refractivity contribution >= 4 is 17.6 Å². The molecule has 8 heteroatoms. The predicted octanol–water partition coefficient (Wildman–Crippen LogP) is 1.25. The van der Waals surface area contributed by atoms with Crippen LogP contribution in [0.2, 0.25) is 0 Å². The highest BCUT2D eigenvalue weighted by Crippen LogP contribution is 2.12. The minimum Gasteiger partial charge on any atom is -0.379 e. The van der Waals surface area contributed by atoms with Crippen molar-refractivity contribution in [2.24, 2.45) is 4.99 Å². The molecule has 2 N–H and O–H groups in total. The first kappa shape index (κ1) is 24.9. The average molecular weight is 433 g/mol. The smallest absolute Gasteiger partial charge is 0.243 e. The van der Waals surface area contributed by atoms with Gasteiger partial charge in [-0.2, -0.15) is 0 Å². The summed E-state index contributed by atoms with van der Waals surface area (Å²) >= 11 is 0. The number of nitrogens with zero attached hydrogens (tertiary/aromatic N) is 4. The number of morpholine rings is 1. The number of amides is 1. The number of anilines is 1. The molecule has 0 atom stereocenters. The molecule has 31 heavy (non-hydrogen) atoms. The van der Waals surface area contributed by atoms with Crippen molar-refractivity contribution in [3.63, 3.8) is 0 Å². The van der Waals surface area contributed by atoms with Crippen LogP contribution in [0, 0.1) is 0 Å². The monoisotopic (exact) mass is 432 g/mol. The predicted molar refractivity (Wildman–Crippen MR) is 128 cm³/mol. The second kappa shape index (κ2) is 14.6. The maximum atomic E-state index is 11.9. The first-order chi connectivity index (χ1) is 15.1. The van der Waals surface area contributed by atoms with Gasteiger partial charge < -0.3 is 25.2 Å². The minimum atomic E-state index is -0.00403. The number of guanidine groups is 1. The fraction of sp³-hybridized carbons (Fsp3) is 0.652. The van der Waals surface area contributed by atoms with Crippen molar-refractivity contribution in [3.8, 4) is 0 Å². The van der Waals surface area contributed by atoms with Crippen LogP contribution in [0.1, 0.15) is 19.8 Å². The quantitative estimate of drug-likeness (QED) is 0.294. The molecule has 0 saturated carbocycles. The third-order valence-corrected chi connectivity index (χ3v) is 5.32. The molecule has 0 unspecified atom stereocenters.